The summed E-state index contributed by atoms with van der Waals surface area (Å²) in [5, 5.41) is 6.17. The Morgan fingerprint density at radius 2 is 2.00 bits per heavy atom. The Balaban J connectivity index is 1.55. The molecule has 2 N–H and O–H groups in total. The van der Waals surface area contributed by atoms with Crippen molar-refractivity contribution in [2.45, 2.75) is 25.8 Å². The Morgan fingerprint density at radius 3 is 2.65 bits per heavy atom. The van der Waals surface area contributed by atoms with E-state index in [1.807, 2.05) is 31.2 Å². The molecule has 2 aliphatic rings. The van der Waals surface area contributed by atoms with E-state index in [-0.39, 0.29) is 11.4 Å². The molecule has 1 aromatic rings. The number of nitrogens with one attached hydrogen (secondary N) is 2. The SMILES string of the molecule is Cc1ccccc1C(=O)NC(=S)NC1=CCC(C)(N2CCOCC2)C=C1. The van der Waals surface area contributed by atoms with Gasteiger partial charge in [-0.2, -0.15) is 0 Å². The number of hydrogen-bond donors (Lipinski definition) is 2. The number of benzene rings is 1. The van der Waals surface area contributed by atoms with Gasteiger partial charge >= 0.3 is 0 Å². The summed E-state index contributed by atoms with van der Waals surface area (Å²) in [5.74, 6) is -0.195. The van der Waals surface area contributed by atoms with Crippen molar-refractivity contribution in [1.82, 2.24) is 15.5 Å². The van der Waals surface area contributed by atoms with Crippen molar-refractivity contribution in [3.8, 4) is 0 Å². The van der Waals surface area contributed by atoms with Crippen molar-refractivity contribution in [2.75, 3.05) is 26.3 Å². The fourth-order valence-corrected chi connectivity index (χ4v) is 3.49. The summed E-state index contributed by atoms with van der Waals surface area (Å²) < 4.78 is 5.44. The van der Waals surface area contributed by atoms with Crippen LogP contribution in [0.15, 0.2) is 48.2 Å². The molecule has 1 heterocycles. The normalized spacial score (nSPS) is 23.2. The van der Waals surface area contributed by atoms with Crippen molar-refractivity contribution >= 4 is 23.2 Å². The van der Waals surface area contributed by atoms with Gasteiger partial charge in [-0.1, -0.05) is 30.4 Å². The number of aryl methyl sites for hydroxylation is 1. The molecule has 0 bridgehead atoms. The van der Waals surface area contributed by atoms with Crippen LogP contribution in [0.5, 0.6) is 0 Å². The monoisotopic (exact) mass is 371 g/mol. The topological polar surface area (TPSA) is 53.6 Å². The van der Waals surface area contributed by atoms with Crippen LogP contribution in [0.3, 0.4) is 0 Å². The lowest BCUT2D eigenvalue weighted by atomic mass is 9.90. The minimum Gasteiger partial charge on any atom is -0.379 e. The van der Waals surface area contributed by atoms with E-state index in [0.717, 1.165) is 44.0 Å². The van der Waals surface area contributed by atoms with E-state index in [2.05, 4.69) is 34.6 Å². The van der Waals surface area contributed by atoms with E-state index in [1.54, 1.807) is 6.07 Å². The standard InChI is InChI=1S/C20H25N3O2S/c1-15-5-3-4-6-17(15)18(24)22-19(26)21-16-7-9-20(2,10-8-16)23-11-13-25-14-12-23/h3-9H,10-14H2,1-2H3,(H2,21,22,24,26). The zero-order valence-corrected chi connectivity index (χ0v) is 16.1. The maximum Gasteiger partial charge on any atom is 0.257 e. The summed E-state index contributed by atoms with van der Waals surface area (Å²) in [6.07, 6.45) is 7.25. The molecule has 1 amide bonds. The molecule has 1 aromatic carbocycles. The summed E-state index contributed by atoms with van der Waals surface area (Å²) in [4.78, 5) is 14.8. The molecular formula is C20H25N3O2S. The predicted molar refractivity (Wildman–Crippen MR) is 107 cm³/mol. The van der Waals surface area contributed by atoms with Gasteiger partial charge in [0.2, 0.25) is 0 Å². The summed E-state index contributed by atoms with van der Waals surface area (Å²) in [6, 6.07) is 7.45. The molecule has 1 aliphatic heterocycles. The zero-order valence-electron chi connectivity index (χ0n) is 15.2. The number of carbonyl (C=O) groups is 1. The molecule has 1 atom stereocenters. The molecular weight excluding hydrogens is 346 g/mol. The fourth-order valence-electron chi connectivity index (χ4n) is 3.28. The maximum atomic E-state index is 12.3. The van der Waals surface area contributed by atoms with E-state index in [1.165, 1.54) is 0 Å². The van der Waals surface area contributed by atoms with Gasteiger partial charge < -0.3 is 10.1 Å². The average Bonchev–Trinajstić information content (AvgIpc) is 2.65. The van der Waals surface area contributed by atoms with E-state index >= 15 is 0 Å². The quantitative estimate of drug-likeness (QED) is 0.800. The van der Waals surface area contributed by atoms with E-state index in [4.69, 9.17) is 17.0 Å². The number of hydrogen-bond acceptors (Lipinski definition) is 4. The van der Waals surface area contributed by atoms with Gasteiger partial charge in [0.1, 0.15) is 0 Å². The van der Waals surface area contributed by atoms with Crippen LogP contribution in [-0.2, 0) is 4.74 Å². The molecule has 6 heteroatoms. The number of thiocarbonyl (C=S) groups is 1. The highest BCUT2D eigenvalue weighted by molar-refractivity contribution is 7.80. The number of carbonyl (C=O) groups excluding carboxylic acids is 1. The lowest BCUT2D eigenvalue weighted by Crippen LogP contribution is -2.51. The second-order valence-corrected chi connectivity index (χ2v) is 7.28. The van der Waals surface area contributed by atoms with Crippen LogP contribution in [0.2, 0.25) is 0 Å². The molecule has 0 aromatic heterocycles. The first kappa shape index (κ1) is 18.8. The number of allylic oxidation sites excluding steroid dienone is 1. The van der Waals surface area contributed by atoms with Crippen LogP contribution < -0.4 is 10.6 Å². The molecule has 0 radical (unpaired) electrons. The summed E-state index contributed by atoms with van der Waals surface area (Å²) in [5.41, 5.74) is 2.46. The van der Waals surface area contributed by atoms with Crippen LogP contribution in [0.25, 0.3) is 0 Å². The lowest BCUT2D eigenvalue weighted by Gasteiger charge is -2.42. The van der Waals surface area contributed by atoms with Gasteiger partial charge in [-0.05, 0) is 50.2 Å². The van der Waals surface area contributed by atoms with Crippen LogP contribution in [0.4, 0.5) is 0 Å². The second kappa shape index (κ2) is 8.12. The van der Waals surface area contributed by atoms with Crippen LogP contribution in [0.1, 0.15) is 29.3 Å². The van der Waals surface area contributed by atoms with Crippen molar-refractivity contribution < 1.29 is 9.53 Å². The van der Waals surface area contributed by atoms with Gasteiger partial charge in [0.15, 0.2) is 5.11 Å². The lowest BCUT2D eigenvalue weighted by molar-refractivity contribution is -0.0000895. The van der Waals surface area contributed by atoms with Crippen molar-refractivity contribution in [3.63, 3.8) is 0 Å². The minimum absolute atomic E-state index is 0.000970. The van der Waals surface area contributed by atoms with Gasteiger partial charge in [-0.25, -0.2) is 0 Å². The summed E-state index contributed by atoms with van der Waals surface area (Å²) >= 11 is 5.29. The number of morpholine rings is 1. The van der Waals surface area contributed by atoms with E-state index in [9.17, 15) is 4.79 Å². The first-order valence-corrected chi connectivity index (χ1v) is 9.29. The summed E-state index contributed by atoms with van der Waals surface area (Å²) in [7, 11) is 0. The third-order valence-corrected chi connectivity index (χ3v) is 5.17. The van der Waals surface area contributed by atoms with Crippen LogP contribution >= 0.6 is 12.2 Å². The highest BCUT2D eigenvalue weighted by atomic mass is 32.1. The Labute approximate surface area is 160 Å². The Morgan fingerprint density at radius 1 is 1.27 bits per heavy atom. The molecule has 1 unspecified atom stereocenters. The fraction of sp³-hybridized carbons (Fsp3) is 0.400. The van der Waals surface area contributed by atoms with Crippen molar-refractivity contribution in [3.05, 3.63) is 59.3 Å². The van der Waals surface area contributed by atoms with Crippen LogP contribution in [-0.4, -0.2) is 47.8 Å². The first-order chi connectivity index (χ1) is 12.5. The minimum atomic E-state index is -0.195. The van der Waals surface area contributed by atoms with Gasteiger partial charge in [0.25, 0.3) is 5.91 Å². The first-order valence-electron chi connectivity index (χ1n) is 8.88. The Bertz CT molecular complexity index is 753. The molecule has 1 aliphatic carbocycles. The largest absolute Gasteiger partial charge is 0.379 e. The molecule has 1 saturated heterocycles. The maximum absolute atomic E-state index is 12.3. The predicted octanol–water partition coefficient (Wildman–Crippen LogP) is 2.53. The molecule has 1 fully saturated rings. The molecule has 0 spiro atoms. The Kier molecular flexibility index (Phi) is 5.86. The molecule has 5 nitrogen and oxygen atoms in total. The smallest absolute Gasteiger partial charge is 0.257 e. The van der Waals surface area contributed by atoms with Gasteiger partial charge in [0, 0.05) is 29.9 Å². The number of ether oxygens (including phenoxy) is 1. The van der Waals surface area contributed by atoms with Gasteiger partial charge in [-0.15, -0.1) is 0 Å². The molecule has 0 saturated carbocycles. The summed E-state index contributed by atoms with van der Waals surface area (Å²) in [6.45, 7) is 7.61. The molecule has 3 rings (SSSR count). The molecule has 138 valence electrons. The zero-order chi connectivity index (χ0) is 18.6. The van der Waals surface area contributed by atoms with Crippen molar-refractivity contribution in [2.24, 2.45) is 0 Å². The van der Waals surface area contributed by atoms with E-state index < -0.39 is 0 Å². The number of nitrogens with zero attached hydrogens (tertiary/aromatic N) is 1. The highest BCUT2D eigenvalue weighted by Gasteiger charge is 2.31. The van der Waals surface area contributed by atoms with Gasteiger partial charge in [0.05, 0.1) is 13.2 Å². The number of rotatable bonds is 3. The number of amides is 1. The third-order valence-electron chi connectivity index (χ3n) is 4.97. The second-order valence-electron chi connectivity index (χ2n) is 6.88. The van der Waals surface area contributed by atoms with Gasteiger partial charge in [-0.3, -0.25) is 15.0 Å². The average molecular weight is 372 g/mol. The van der Waals surface area contributed by atoms with Crippen molar-refractivity contribution in [1.29, 1.82) is 0 Å². The third kappa shape index (κ3) is 4.38. The highest BCUT2D eigenvalue weighted by Crippen LogP contribution is 2.27. The van der Waals surface area contributed by atoms with Crippen LogP contribution in [0, 0.1) is 6.92 Å². The van der Waals surface area contributed by atoms with E-state index in [0.29, 0.717) is 10.7 Å². The molecule has 26 heavy (non-hydrogen) atoms. The Hall–Kier alpha value is -2.02.